The molecule has 1 N–H and O–H groups in total. The van der Waals surface area contributed by atoms with Gasteiger partial charge in [-0.15, -0.1) is 0 Å². The molecule has 2 heterocycles. The Bertz CT molecular complexity index is 424. The van der Waals surface area contributed by atoms with E-state index < -0.39 is 39.5 Å². The van der Waals surface area contributed by atoms with E-state index in [0.29, 0.717) is 0 Å². The number of hydrogen-bond acceptors (Lipinski definition) is 5. The molecule has 3 unspecified atom stereocenters. The van der Waals surface area contributed by atoms with Gasteiger partial charge in [0.25, 0.3) is 0 Å². The first-order valence-corrected chi connectivity index (χ1v) is 6.30. The summed E-state index contributed by atoms with van der Waals surface area (Å²) in [4.78, 5) is 35.2. The number of hydrogen-bond donors (Lipinski definition) is 1. The summed E-state index contributed by atoms with van der Waals surface area (Å²) in [5, 5.41) is 1.08. The lowest BCUT2D eigenvalue weighted by atomic mass is 10.1. The number of methoxy groups -OCH3 is 1. The Hall–Kier alpha value is -1.44. The Morgan fingerprint density at radius 2 is 2.18 bits per heavy atom. The summed E-state index contributed by atoms with van der Waals surface area (Å²) in [6.45, 7) is 1.27. The van der Waals surface area contributed by atoms with Gasteiger partial charge in [0.1, 0.15) is 10.7 Å². The second-order valence-electron chi connectivity index (χ2n) is 3.88. The number of nitrogens with one attached hydrogen (secondary N) is 1. The monoisotopic (exact) mass is 260 g/mol. The van der Waals surface area contributed by atoms with Crippen molar-refractivity contribution in [1.82, 2.24) is 10.2 Å². The fourth-order valence-electron chi connectivity index (χ4n) is 2.07. The highest BCUT2D eigenvalue weighted by Crippen LogP contribution is 2.36. The maximum atomic E-state index is 12.0. The van der Waals surface area contributed by atoms with Gasteiger partial charge in [0.2, 0.25) is 11.8 Å². The molecule has 0 spiro atoms. The number of esters is 1. The molecular formula is C9H12N2O5S. The third-order valence-electron chi connectivity index (χ3n) is 2.84. The van der Waals surface area contributed by atoms with Crippen molar-refractivity contribution < 1.29 is 23.3 Å². The van der Waals surface area contributed by atoms with Crippen molar-refractivity contribution >= 4 is 28.6 Å². The van der Waals surface area contributed by atoms with E-state index in [2.05, 4.69) is 10.1 Å². The van der Waals surface area contributed by atoms with Gasteiger partial charge >= 0.3 is 5.97 Å². The second kappa shape index (κ2) is 4.10. The minimum Gasteiger partial charge on any atom is -0.467 e. The standard InChI is InChI=1S/C9H12N2O5S/c1-4(12)10-8-7(9(14)16-2)11-5(13)3-6(11)17(8)15/h6-8H,3H2,1-2H3,(H,10,12)/t6-,7?,8?,17?/m1/s1. The molecule has 0 radical (unpaired) electrons. The van der Waals surface area contributed by atoms with E-state index >= 15 is 0 Å². The van der Waals surface area contributed by atoms with E-state index in [4.69, 9.17) is 0 Å². The first kappa shape index (κ1) is 12.0. The molecule has 2 aliphatic rings. The smallest absolute Gasteiger partial charge is 0.331 e. The van der Waals surface area contributed by atoms with Gasteiger partial charge < -0.3 is 15.0 Å². The van der Waals surface area contributed by atoms with Gasteiger partial charge in [-0.2, -0.15) is 0 Å². The summed E-state index contributed by atoms with van der Waals surface area (Å²) in [5.41, 5.74) is 0. The van der Waals surface area contributed by atoms with E-state index in [9.17, 15) is 18.6 Å². The van der Waals surface area contributed by atoms with E-state index in [1.165, 1.54) is 18.9 Å². The Morgan fingerprint density at radius 1 is 1.53 bits per heavy atom. The third-order valence-corrected chi connectivity index (χ3v) is 4.65. The van der Waals surface area contributed by atoms with Crippen molar-refractivity contribution in [2.45, 2.75) is 30.1 Å². The predicted octanol–water partition coefficient (Wildman–Crippen LogP) is -1.69. The van der Waals surface area contributed by atoms with Gasteiger partial charge in [0.15, 0.2) is 6.04 Å². The molecule has 94 valence electrons. The van der Waals surface area contributed by atoms with E-state index in [1.54, 1.807) is 0 Å². The van der Waals surface area contributed by atoms with E-state index in [1.807, 2.05) is 0 Å². The van der Waals surface area contributed by atoms with Crippen molar-refractivity contribution in [3.05, 3.63) is 0 Å². The Morgan fingerprint density at radius 3 is 2.65 bits per heavy atom. The quantitative estimate of drug-likeness (QED) is 0.472. The molecule has 0 aromatic carbocycles. The van der Waals surface area contributed by atoms with Crippen LogP contribution in [0, 0.1) is 0 Å². The van der Waals surface area contributed by atoms with Gasteiger partial charge in [-0.1, -0.05) is 0 Å². The zero-order valence-electron chi connectivity index (χ0n) is 9.34. The normalized spacial score (nSPS) is 34.9. The Labute approximate surface area is 99.9 Å². The summed E-state index contributed by atoms with van der Waals surface area (Å²) < 4.78 is 16.6. The van der Waals surface area contributed by atoms with Crippen molar-refractivity contribution in [1.29, 1.82) is 0 Å². The zero-order chi connectivity index (χ0) is 12.7. The number of amides is 2. The number of β-lactam (4-membered cyclic amide) rings is 1. The minimum absolute atomic E-state index is 0.149. The molecule has 4 atom stereocenters. The molecule has 0 saturated carbocycles. The van der Waals surface area contributed by atoms with Crippen molar-refractivity contribution in [3.8, 4) is 0 Å². The van der Waals surface area contributed by atoms with Crippen LogP contribution in [0.3, 0.4) is 0 Å². The fraction of sp³-hybridized carbons (Fsp3) is 0.667. The maximum absolute atomic E-state index is 12.0. The molecule has 2 amide bonds. The molecule has 2 fully saturated rings. The number of ether oxygens (including phenoxy) is 1. The van der Waals surface area contributed by atoms with Crippen LogP contribution in [0.5, 0.6) is 0 Å². The average Bonchev–Trinajstić information content (AvgIpc) is 2.47. The zero-order valence-corrected chi connectivity index (χ0v) is 10.2. The minimum atomic E-state index is -1.47. The molecule has 0 aliphatic carbocycles. The van der Waals surface area contributed by atoms with Crippen LogP contribution >= 0.6 is 0 Å². The number of fused-ring (bicyclic) bond motifs is 1. The van der Waals surface area contributed by atoms with Crippen LogP contribution in [0.2, 0.25) is 0 Å². The van der Waals surface area contributed by atoms with Crippen LogP contribution in [0.15, 0.2) is 0 Å². The van der Waals surface area contributed by atoms with Crippen molar-refractivity contribution in [2.24, 2.45) is 0 Å². The average molecular weight is 260 g/mol. The molecule has 0 aromatic heterocycles. The molecule has 8 heteroatoms. The van der Waals surface area contributed by atoms with Gasteiger partial charge in [0.05, 0.1) is 24.3 Å². The number of nitrogens with zero attached hydrogens (tertiary/aromatic N) is 1. The van der Waals surface area contributed by atoms with Gasteiger partial charge in [-0.05, 0) is 0 Å². The summed E-state index contributed by atoms with van der Waals surface area (Å²) in [6, 6.07) is -0.976. The van der Waals surface area contributed by atoms with E-state index in [0.717, 1.165) is 0 Å². The summed E-state index contributed by atoms with van der Waals surface area (Å²) >= 11 is 0. The number of carbonyl (C=O) groups excluding carboxylic acids is 3. The summed E-state index contributed by atoms with van der Waals surface area (Å²) in [7, 11) is -0.282. The highest BCUT2D eigenvalue weighted by molar-refractivity contribution is 7.86. The highest BCUT2D eigenvalue weighted by atomic mass is 32.2. The SMILES string of the molecule is COC(=O)C1C(NC(C)=O)S(=O)[C@@H]2CC(=O)N12. The lowest BCUT2D eigenvalue weighted by molar-refractivity contribution is -0.158. The summed E-state index contributed by atoms with van der Waals surface area (Å²) in [5.74, 6) is -1.30. The van der Waals surface area contributed by atoms with Crippen LogP contribution in [-0.4, -0.2) is 50.8 Å². The van der Waals surface area contributed by atoms with Crippen LogP contribution in [-0.2, 0) is 29.9 Å². The molecule has 0 aromatic rings. The Balaban J connectivity index is 2.28. The largest absolute Gasteiger partial charge is 0.467 e. The first-order chi connectivity index (χ1) is 7.97. The van der Waals surface area contributed by atoms with Crippen LogP contribution in [0.1, 0.15) is 13.3 Å². The van der Waals surface area contributed by atoms with E-state index in [-0.39, 0.29) is 12.3 Å². The molecule has 2 saturated heterocycles. The molecular weight excluding hydrogens is 248 g/mol. The van der Waals surface area contributed by atoms with Crippen molar-refractivity contribution in [2.75, 3.05) is 7.11 Å². The molecule has 17 heavy (non-hydrogen) atoms. The lowest BCUT2D eigenvalue weighted by Gasteiger charge is -2.35. The number of rotatable bonds is 2. The third kappa shape index (κ3) is 1.72. The van der Waals surface area contributed by atoms with Crippen molar-refractivity contribution in [3.63, 3.8) is 0 Å². The second-order valence-corrected chi connectivity index (χ2v) is 5.59. The first-order valence-electron chi connectivity index (χ1n) is 5.03. The molecule has 7 nitrogen and oxygen atoms in total. The van der Waals surface area contributed by atoms with Crippen LogP contribution in [0.25, 0.3) is 0 Å². The molecule has 2 aliphatic heterocycles. The number of carbonyl (C=O) groups is 3. The Kier molecular flexibility index (Phi) is 2.90. The van der Waals surface area contributed by atoms with Crippen LogP contribution < -0.4 is 5.32 Å². The fourth-order valence-corrected chi connectivity index (χ4v) is 3.96. The summed E-state index contributed by atoms with van der Waals surface area (Å²) in [6.07, 6.45) is 0.149. The van der Waals surface area contributed by atoms with Crippen LogP contribution in [0.4, 0.5) is 0 Å². The van der Waals surface area contributed by atoms with Gasteiger partial charge in [0, 0.05) is 6.92 Å². The highest BCUT2D eigenvalue weighted by Gasteiger charge is 2.59. The van der Waals surface area contributed by atoms with Gasteiger partial charge in [-0.3, -0.25) is 13.8 Å². The topological polar surface area (TPSA) is 92.8 Å². The lowest BCUT2D eigenvalue weighted by Crippen LogP contribution is -2.57. The predicted molar refractivity (Wildman–Crippen MR) is 56.8 cm³/mol. The molecule has 0 bridgehead atoms. The van der Waals surface area contributed by atoms with Gasteiger partial charge in [-0.25, -0.2) is 4.79 Å². The maximum Gasteiger partial charge on any atom is 0.331 e. The molecule has 2 rings (SSSR count).